The SMILES string of the molecule is CCOC(C)(CC(N)=NO)OCC. The van der Waals surface area contributed by atoms with E-state index in [1.54, 1.807) is 6.92 Å². The second-order valence-corrected chi connectivity index (χ2v) is 2.77. The molecular weight excluding hydrogens is 172 g/mol. The van der Waals surface area contributed by atoms with Gasteiger partial charge < -0.3 is 20.4 Å². The summed E-state index contributed by atoms with van der Waals surface area (Å²) in [5, 5.41) is 11.3. The summed E-state index contributed by atoms with van der Waals surface area (Å²) in [5.41, 5.74) is 5.36. The molecular formula is C8H18N2O3. The second kappa shape index (κ2) is 5.77. The molecule has 5 nitrogen and oxygen atoms in total. The first kappa shape index (κ1) is 12.2. The Morgan fingerprint density at radius 3 is 2.15 bits per heavy atom. The number of amidine groups is 1. The van der Waals surface area contributed by atoms with E-state index in [2.05, 4.69) is 5.16 Å². The van der Waals surface area contributed by atoms with Crippen molar-refractivity contribution in [2.45, 2.75) is 33.0 Å². The van der Waals surface area contributed by atoms with Crippen molar-refractivity contribution in [2.75, 3.05) is 13.2 Å². The van der Waals surface area contributed by atoms with Crippen LogP contribution in [0.1, 0.15) is 27.2 Å². The molecule has 0 aromatic carbocycles. The molecule has 5 heteroatoms. The molecule has 0 amide bonds. The highest BCUT2D eigenvalue weighted by Crippen LogP contribution is 2.16. The fraction of sp³-hybridized carbons (Fsp3) is 0.875. The number of oxime groups is 1. The smallest absolute Gasteiger partial charge is 0.172 e. The van der Waals surface area contributed by atoms with E-state index in [1.165, 1.54) is 0 Å². The predicted molar refractivity (Wildman–Crippen MR) is 49.7 cm³/mol. The van der Waals surface area contributed by atoms with E-state index < -0.39 is 5.79 Å². The van der Waals surface area contributed by atoms with Gasteiger partial charge >= 0.3 is 0 Å². The summed E-state index contributed by atoms with van der Waals surface area (Å²) in [5.74, 6) is -0.691. The summed E-state index contributed by atoms with van der Waals surface area (Å²) in [7, 11) is 0. The molecule has 3 N–H and O–H groups in total. The van der Waals surface area contributed by atoms with Crippen molar-refractivity contribution in [3.63, 3.8) is 0 Å². The molecule has 0 aromatic rings. The molecule has 0 aliphatic rings. The van der Waals surface area contributed by atoms with Crippen LogP contribution in [0.5, 0.6) is 0 Å². The molecule has 78 valence electrons. The van der Waals surface area contributed by atoms with Gasteiger partial charge in [0.25, 0.3) is 0 Å². The van der Waals surface area contributed by atoms with E-state index in [1.807, 2.05) is 13.8 Å². The van der Waals surface area contributed by atoms with Gasteiger partial charge in [-0.25, -0.2) is 0 Å². The summed E-state index contributed by atoms with van der Waals surface area (Å²) < 4.78 is 10.7. The molecule has 0 rings (SSSR count). The van der Waals surface area contributed by atoms with Gasteiger partial charge in [0.05, 0.1) is 6.42 Å². The second-order valence-electron chi connectivity index (χ2n) is 2.77. The maximum atomic E-state index is 8.39. The normalized spacial score (nSPS) is 13.3. The molecule has 0 heterocycles. The quantitative estimate of drug-likeness (QED) is 0.214. The lowest BCUT2D eigenvalue weighted by atomic mass is 10.2. The summed E-state index contributed by atoms with van der Waals surface area (Å²) in [6, 6.07) is 0. The fourth-order valence-corrected chi connectivity index (χ4v) is 1.12. The number of rotatable bonds is 6. The van der Waals surface area contributed by atoms with E-state index in [0.29, 0.717) is 13.2 Å². The molecule has 0 aliphatic carbocycles. The van der Waals surface area contributed by atoms with Crippen molar-refractivity contribution < 1.29 is 14.7 Å². The van der Waals surface area contributed by atoms with Crippen LogP contribution in [0.3, 0.4) is 0 Å². The van der Waals surface area contributed by atoms with E-state index in [0.717, 1.165) is 0 Å². The lowest BCUT2D eigenvalue weighted by Crippen LogP contribution is -2.37. The molecule has 0 radical (unpaired) electrons. The highest BCUT2D eigenvalue weighted by molar-refractivity contribution is 5.80. The molecule has 13 heavy (non-hydrogen) atoms. The Morgan fingerprint density at radius 1 is 1.38 bits per heavy atom. The van der Waals surface area contributed by atoms with Crippen molar-refractivity contribution in [2.24, 2.45) is 10.9 Å². The molecule has 0 fully saturated rings. The maximum Gasteiger partial charge on any atom is 0.172 e. The molecule has 0 bridgehead atoms. The highest BCUT2D eigenvalue weighted by atomic mass is 16.7. The number of hydrogen-bond acceptors (Lipinski definition) is 4. The van der Waals surface area contributed by atoms with Crippen LogP contribution >= 0.6 is 0 Å². The van der Waals surface area contributed by atoms with Gasteiger partial charge in [0, 0.05) is 13.2 Å². The molecule has 0 spiro atoms. The van der Waals surface area contributed by atoms with Crippen molar-refractivity contribution >= 4 is 5.84 Å². The zero-order valence-electron chi connectivity index (χ0n) is 8.41. The van der Waals surface area contributed by atoms with Gasteiger partial charge in [-0.15, -0.1) is 0 Å². The third-order valence-electron chi connectivity index (χ3n) is 1.53. The van der Waals surface area contributed by atoms with Gasteiger partial charge in [-0.3, -0.25) is 0 Å². The summed E-state index contributed by atoms with van der Waals surface area (Å²) in [6.07, 6.45) is 0.255. The Labute approximate surface area is 78.5 Å². The first-order valence-corrected chi connectivity index (χ1v) is 4.32. The molecule has 0 aliphatic heterocycles. The van der Waals surface area contributed by atoms with Gasteiger partial charge in [0.1, 0.15) is 5.84 Å². The Kier molecular flexibility index (Phi) is 5.41. The topological polar surface area (TPSA) is 77.1 Å². The average molecular weight is 190 g/mol. The fourth-order valence-electron chi connectivity index (χ4n) is 1.12. The molecule has 0 atom stereocenters. The van der Waals surface area contributed by atoms with Crippen LogP contribution in [0.4, 0.5) is 0 Å². The lowest BCUT2D eigenvalue weighted by molar-refractivity contribution is -0.215. The summed E-state index contributed by atoms with van der Waals surface area (Å²) in [6.45, 7) is 6.54. The minimum atomic E-state index is -0.792. The van der Waals surface area contributed by atoms with Crippen LogP contribution in [0.25, 0.3) is 0 Å². The number of nitrogens with zero attached hydrogens (tertiary/aromatic N) is 1. The first-order valence-electron chi connectivity index (χ1n) is 4.32. The molecule has 0 aromatic heterocycles. The van der Waals surface area contributed by atoms with Crippen molar-refractivity contribution in [1.29, 1.82) is 0 Å². The van der Waals surface area contributed by atoms with Gasteiger partial charge in [-0.1, -0.05) is 5.16 Å². The summed E-state index contributed by atoms with van der Waals surface area (Å²) in [4.78, 5) is 0. The van der Waals surface area contributed by atoms with Gasteiger partial charge in [0.15, 0.2) is 5.79 Å². The van der Waals surface area contributed by atoms with Crippen LogP contribution in [0.2, 0.25) is 0 Å². The number of ether oxygens (including phenoxy) is 2. The Bertz CT molecular complexity index is 165. The monoisotopic (exact) mass is 190 g/mol. The molecule has 0 saturated carbocycles. The van der Waals surface area contributed by atoms with E-state index in [4.69, 9.17) is 20.4 Å². The minimum absolute atomic E-state index is 0.101. The van der Waals surface area contributed by atoms with E-state index in [-0.39, 0.29) is 12.3 Å². The zero-order chi connectivity index (χ0) is 10.3. The Morgan fingerprint density at radius 2 is 1.85 bits per heavy atom. The molecule has 0 unspecified atom stereocenters. The number of hydrogen-bond donors (Lipinski definition) is 2. The van der Waals surface area contributed by atoms with Crippen LogP contribution in [-0.2, 0) is 9.47 Å². The Hall–Kier alpha value is -0.810. The average Bonchev–Trinajstić information content (AvgIpc) is 2.04. The van der Waals surface area contributed by atoms with Crippen LogP contribution in [0, 0.1) is 0 Å². The number of nitrogens with two attached hydrogens (primary N) is 1. The van der Waals surface area contributed by atoms with Crippen LogP contribution in [-0.4, -0.2) is 30.0 Å². The van der Waals surface area contributed by atoms with Gasteiger partial charge in [-0.05, 0) is 20.8 Å². The third kappa shape index (κ3) is 4.69. The first-order chi connectivity index (χ1) is 6.08. The third-order valence-corrected chi connectivity index (χ3v) is 1.53. The van der Waals surface area contributed by atoms with Crippen LogP contribution < -0.4 is 5.73 Å². The van der Waals surface area contributed by atoms with Crippen LogP contribution in [0.15, 0.2) is 5.16 Å². The van der Waals surface area contributed by atoms with E-state index >= 15 is 0 Å². The van der Waals surface area contributed by atoms with Crippen molar-refractivity contribution in [3.8, 4) is 0 Å². The highest BCUT2D eigenvalue weighted by Gasteiger charge is 2.26. The predicted octanol–water partition coefficient (Wildman–Crippen LogP) is 0.912. The van der Waals surface area contributed by atoms with Gasteiger partial charge in [-0.2, -0.15) is 0 Å². The minimum Gasteiger partial charge on any atom is -0.409 e. The largest absolute Gasteiger partial charge is 0.409 e. The maximum absolute atomic E-state index is 8.39. The zero-order valence-corrected chi connectivity index (χ0v) is 8.41. The van der Waals surface area contributed by atoms with E-state index in [9.17, 15) is 0 Å². The molecule has 0 saturated heterocycles. The van der Waals surface area contributed by atoms with Gasteiger partial charge in [0.2, 0.25) is 0 Å². The van der Waals surface area contributed by atoms with Crippen molar-refractivity contribution in [1.82, 2.24) is 0 Å². The lowest BCUT2D eigenvalue weighted by Gasteiger charge is -2.28. The van der Waals surface area contributed by atoms with Crippen molar-refractivity contribution in [3.05, 3.63) is 0 Å². The Balaban J connectivity index is 4.22. The summed E-state index contributed by atoms with van der Waals surface area (Å²) >= 11 is 0. The standard InChI is InChI=1S/C8H18N2O3/c1-4-12-8(3,13-5-2)6-7(9)10-11/h11H,4-6H2,1-3H3,(H2,9,10).